The fraction of sp³-hybridized carbons (Fsp3) is 0.462. The smallest absolute Gasteiger partial charge is 0.422 e. The van der Waals surface area contributed by atoms with Crippen LogP contribution in [0.2, 0.25) is 0 Å². The predicted octanol–water partition coefficient (Wildman–Crippen LogP) is 2.15. The molecule has 20 heavy (non-hydrogen) atoms. The molecule has 112 valence electrons. The number of carbonyl (C=O) groups excluding carboxylic acids is 1. The number of amides is 1. The first-order chi connectivity index (χ1) is 9.31. The highest BCUT2D eigenvalue weighted by molar-refractivity contribution is 5.76. The summed E-state index contributed by atoms with van der Waals surface area (Å²) in [5.41, 5.74) is 6.04. The monoisotopic (exact) mass is 290 g/mol. The van der Waals surface area contributed by atoms with Crippen molar-refractivity contribution in [2.75, 3.05) is 13.2 Å². The van der Waals surface area contributed by atoms with Crippen molar-refractivity contribution in [3.63, 3.8) is 0 Å². The quantitative estimate of drug-likeness (QED) is 0.843. The van der Waals surface area contributed by atoms with Gasteiger partial charge in [-0.2, -0.15) is 13.2 Å². The van der Waals surface area contributed by atoms with E-state index >= 15 is 0 Å². The van der Waals surface area contributed by atoms with Crippen LogP contribution < -0.4 is 15.8 Å². The Bertz CT molecular complexity index is 432. The lowest BCUT2D eigenvalue weighted by Gasteiger charge is -2.15. The Balaban J connectivity index is 2.55. The highest BCUT2D eigenvalue weighted by atomic mass is 19.4. The first kappa shape index (κ1) is 16.3. The molecule has 0 heterocycles. The standard InChI is InChI=1S/C13H17F3N2O2/c1-9(18-12(19)6-7-17)10-2-4-11(5-3-10)20-8-13(14,15)16/h2-5,9H,6-8,17H2,1H3,(H,18,19). The number of rotatable bonds is 6. The molecule has 0 aliphatic heterocycles. The summed E-state index contributed by atoms with van der Waals surface area (Å²) in [6, 6.07) is 5.85. The second-order valence-corrected chi connectivity index (χ2v) is 4.30. The van der Waals surface area contributed by atoms with Crippen LogP contribution in [-0.4, -0.2) is 25.2 Å². The zero-order valence-corrected chi connectivity index (χ0v) is 11.0. The van der Waals surface area contributed by atoms with Crippen molar-refractivity contribution in [1.82, 2.24) is 5.32 Å². The molecule has 1 aromatic rings. The molecule has 0 radical (unpaired) electrons. The third-order valence-corrected chi connectivity index (χ3v) is 2.53. The Morgan fingerprint density at radius 3 is 2.45 bits per heavy atom. The molecule has 0 aliphatic carbocycles. The van der Waals surface area contributed by atoms with E-state index in [1.807, 2.05) is 0 Å². The van der Waals surface area contributed by atoms with Crippen molar-refractivity contribution in [2.24, 2.45) is 5.73 Å². The van der Waals surface area contributed by atoms with Crippen LogP contribution in [0.15, 0.2) is 24.3 Å². The second-order valence-electron chi connectivity index (χ2n) is 4.30. The first-order valence-electron chi connectivity index (χ1n) is 6.11. The molecule has 1 aromatic carbocycles. The zero-order chi connectivity index (χ0) is 15.2. The van der Waals surface area contributed by atoms with E-state index in [2.05, 4.69) is 10.1 Å². The fourth-order valence-corrected chi connectivity index (χ4v) is 1.55. The number of ether oxygens (including phenoxy) is 1. The maximum atomic E-state index is 12.0. The van der Waals surface area contributed by atoms with Crippen LogP contribution in [0.25, 0.3) is 0 Å². The number of nitrogens with one attached hydrogen (secondary N) is 1. The number of alkyl halides is 3. The molecule has 1 unspecified atom stereocenters. The Morgan fingerprint density at radius 1 is 1.35 bits per heavy atom. The minimum absolute atomic E-state index is 0.131. The normalized spacial score (nSPS) is 12.8. The first-order valence-corrected chi connectivity index (χ1v) is 6.11. The van der Waals surface area contributed by atoms with Crippen LogP contribution in [0.3, 0.4) is 0 Å². The number of hydrogen-bond donors (Lipinski definition) is 2. The van der Waals surface area contributed by atoms with Crippen molar-refractivity contribution in [2.45, 2.75) is 25.6 Å². The highest BCUT2D eigenvalue weighted by Crippen LogP contribution is 2.21. The number of nitrogens with two attached hydrogens (primary N) is 1. The Kier molecular flexibility index (Phi) is 5.82. The number of halogens is 3. The molecule has 0 fully saturated rings. The molecule has 0 saturated carbocycles. The predicted molar refractivity (Wildman–Crippen MR) is 68.2 cm³/mol. The summed E-state index contributed by atoms with van der Waals surface area (Å²) < 4.78 is 40.5. The van der Waals surface area contributed by atoms with E-state index in [4.69, 9.17) is 5.73 Å². The molecule has 1 atom stereocenters. The van der Waals surface area contributed by atoms with E-state index < -0.39 is 12.8 Å². The summed E-state index contributed by atoms with van der Waals surface area (Å²) in [5.74, 6) is -0.0380. The van der Waals surface area contributed by atoms with Gasteiger partial charge in [0.25, 0.3) is 0 Å². The van der Waals surface area contributed by atoms with E-state index in [0.717, 1.165) is 5.56 Å². The summed E-state index contributed by atoms with van der Waals surface area (Å²) in [6.45, 7) is 0.720. The average molecular weight is 290 g/mol. The van der Waals surface area contributed by atoms with Gasteiger partial charge < -0.3 is 15.8 Å². The van der Waals surface area contributed by atoms with Gasteiger partial charge in [0, 0.05) is 13.0 Å². The number of benzene rings is 1. The van der Waals surface area contributed by atoms with Crippen molar-refractivity contribution >= 4 is 5.91 Å². The number of carbonyl (C=O) groups is 1. The van der Waals surface area contributed by atoms with E-state index in [1.54, 1.807) is 19.1 Å². The van der Waals surface area contributed by atoms with Crippen LogP contribution in [0, 0.1) is 0 Å². The maximum Gasteiger partial charge on any atom is 0.422 e. The van der Waals surface area contributed by atoms with E-state index in [-0.39, 0.29) is 30.7 Å². The molecule has 1 amide bonds. The van der Waals surface area contributed by atoms with Gasteiger partial charge in [-0.25, -0.2) is 0 Å². The van der Waals surface area contributed by atoms with Crippen molar-refractivity contribution in [3.8, 4) is 5.75 Å². The van der Waals surface area contributed by atoms with E-state index in [0.29, 0.717) is 0 Å². The van der Waals surface area contributed by atoms with Gasteiger partial charge in [0.1, 0.15) is 5.75 Å². The van der Waals surface area contributed by atoms with Gasteiger partial charge in [-0.05, 0) is 24.6 Å². The van der Waals surface area contributed by atoms with E-state index in [1.165, 1.54) is 12.1 Å². The maximum absolute atomic E-state index is 12.0. The van der Waals surface area contributed by atoms with Crippen LogP contribution >= 0.6 is 0 Å². The largest absolute Gasteiger partial charge is 0.484 e. The lowest BCUT2D eigenvalue weighted by Crippen LogP contribution is -2.28. The Labute approximate surface area is 115 Å². The fourth-order valence-electron chi connectivity index (χ4n) is 1.55. The molecule has 0 spiro atoms. The summed E-state index contributed by atoms with van der Waals surface area (Å²) in [4.78, 5) is 11.4. The Hall–Kier alpha value is -1.76. The van der Waals surface area contributed by atoms with Crippen LogP contribution in [0.5, 0.6) is 5.75 Å². The van der Waals surface area contributed by atoms with Gasteiger partial charge in [0.15, 0.2) is 6.61 Å². The third kappa shape index (κ3) is 5.92. The molecule has 1 rings (SSSR count). The topological polar surface area (TPSA) is 64.4 Å². The molecule has 4 nitrogen and oxygen atoms in total. The summed E-state index contributed by atoms with van der Waals surface area (Å²) >= 11 is 0. The molecule has 0 bridgehead atoms. The molecular formula is C13H17F3N2O2. The third-order valence-electron chi connectivity index (χ3n) is 2.53. The van der Waals surface area contributed by atoms with Gasteiger partial charge >= 0.3 is 6.18 Å². The SMILES string of the molecule is CC(NC(=O)CCN)c1ccc(OCC(F)(F)F)cc1. The summed E-state index contributed by atoms with van der Waals surface area (Å²) in [7, 11) is 0. The summed E-state index contributed by atoms with van der Waals surface area (Å²) in [6.07, 6.45) is -4.13. The lowest BCUT2D eigenvalue weighted by molar-refractivity contribution is -0.153. The van der Waals surface area contributed by atoms with Crippen LogP contribution in [0.4, 0.5) is 13.2 Å². The molecule has 0 saturated heterocycles. The summed E-state index contributed by atoms with van der Waals surface area (Å²) in [5, 5.41) is 2.73. The molecular weight excluding hydrogens is 273 g/mol. The molecule has 3 N–H and O–H groups in total. The van der Waals surface area contributed by atoms with E-state index in [9.17, 15) is 18.0 Å². The van der Waals surface area contributed by atoms with Gasteiger partial charge in [-0.1, -0.05) is 12.1 Å². The van der Waals surface area contributed by atoms with Gasteiger partial charge in [0.05, 0.1) is 6.04 Å². The van der Waals surface area contributed by atoms with Crippen LogP contribution in [0.1, 0.15) is 24.9 Å². The minimum atomic E-state index is -4.36. The highest BCUT2D eigenvalue weighted by Gasteiger charge is 2.28. The van der Waals surface area contributed by atoms with Crippen LogP contribution in [-0.2, 0) is 4.79 Å². The van der Waals surface area contributed by atoms with Gasteiger partial charge in [-0.15, -0.1) is 0 Å². The second kappa shape index (κ2) is 7.14. The van der Waals surface area contributed by atoms with Crippen molar-refractivity contribution in [3.05, 3.63) is 29.8 Å². The number of hydrogen-bond acceptors (Lipinski definition) is 3. The molecule has 0 aliphatic rings. The van der Waals surface area contributed by atoms with Crippen molar-refractivity contribution < 1.29 is 22.7 Å². The lowest BCUT2D eigenvalue weighted by atomic mass is 10.1. The minimum Gasteiger partial charge on any atom is -0.484 e. The van der Waals surface area contributed by atoms with Gasteiger partial charge in [0.2, 0.25) is 5.91 Å². The van der Waals surface area contributed by atoms with Crippen molar-refractivity contribution in [1.29, 1.82) is 0 Å². The Morgan fingerprint density at radius 2 is 1.95 bits per heavy atom. The average Bonchev–Trinajstić information content (AvgIpc) is 2.36. The van der Waals surface area contributed by atoms with Gasteiger partial charge in [-0.3, -0.25) is 4.79 Å². The molecule has 0 aromatic heterocycles. The zero-order valence-electron chi connectivity index (χ0n) is 11.0. The molecule has 7 heteroatoms.